The highest BCUT2D eigenvalue weighted by atomic mass is 16.5. The molecule has 0 radical (unpaired) electrons. The number of aryl methyl sites for hydroxylation is 1. The molecule has 0 unspecified atom stereocenters. The lowest BCUT2D eigenvalue weighted by Gasteiger charge is -2.53. The van der Waals surface area contributed by atoms with Crippen LogP contribution < -0.4 is 4.90 Å². The Morgan fingerprint density at radius 2 is 2.19 bits per heavy atom. The van der Waals surface area contributed by atoms with Crippen LogP contribution in [0, 0.1) is 5.92 Å². The van der Waals surface area contributed by atoms with Crippen molar-refractivity contribution in [1.82, 2.24) is 0 Å². The molecule has 1 spiro atoms. The number of benzene rings is 1. The first-order valence-electron chi connectivity index (χ1n) is 7.69. The number of anilines is 1. The minimum Gasteiger partial charge on any atom is -0.475 e. The summed E-state index contributed by atoms with van der Waals surface area (Å²) in [4.78, 5) is 14.3. The van der Waals surface area contributed by atoms with Crippen molar-refractivity contribution in [3.8, 4) is 0 Å². The molecule has 1 N–H and O–H groups in total. The Hall–Kier alpha value is -1.81. The molecular weight excluding hydrogens is 266 g/mol. The molecule has 108 valence electrons. The Morgan fingerprint density at radius 1 is 1.29 bits per heavy atom. The van der Waals surface area contributed by atoms with E-state index in [-0.39, 0.29) is 11.8 Å². The van der Waals surface area contributed by atoms with Gasteiger partial charge in [0.25, 0.3) is 0 Å². The summed E-state index contributed by atoms with van der Waals surface area (Å²) in [6.07, 6.45) is 7.44. The number of hydrogen-bond donors (Lipinski definition) is 1. The number of hydrogen-bond acceptors (Lipinski definition) is 3. The molecule has 1 fully saturated rings. The summed E-state index contributed by atoms with van der Waals surface area (Å²) < 4.78 is 5.92. The third-order valence-electron chi connectivity index (χ3n) is 5.68. The maximum Gasteiger partial charge on any atom is 0.230 e. The Bertz CT molecular complexity index is 697. The van der Waals surface area contributed by atoms with E-state index in [9.17, 15) is 9.90 Å². The van der Waals surface area contributed by atoms with Crippen molar-refractivity contribution in [3.05, 3.63) is 41.7 Å². The SMILES string of the molecule is O=C1CC[C@]23OC=C[C@H]2[C@@]2(O)CCCc4cccc(c42)N13. The number of aliphatic hydroxyl groups is 1. The molecule has 0 bridgehead atoms. The lowest BCUT2D eigenvalue weighted by Crippen LogP contribution is -2.61. The summed E-state index contributed by atoms with van der Waals surface area (Å²) in [6, 6.07) is 6.02. The molecule has 1 aliphatic carbocycles. The Labute approximate surface area is 123 Å². The minimum absolute atomic E-state index is 0.102. The van der Waals surface area contributed by atoms with E-state index < -0.39 is 11.3 Å². The van der Waals surface area contributed by atoms with Crippen LogP contribution in [-0.2, 0) is 21.6 Å². The molecule has 1 aromatic rings. The average molecular weight is 283 g/mol. The fraction of sp³-hybridized carbons (Fsp3) is 0.471. The minimum atomic E-state index is -0.904. The third-order valence-corrected chi connectivity index (χ3v) is 5.68. The van der Waals surface area contributed by atoms with Gasteiger partial charge in [-0.3, -0.25) is 9.69 Å². The molecule has 5 rings (SSSR count). The standard InChI is InChI=1S/C17H17NO3/c19-14-6-9-17-13(7-10-21-17)16(20)8-2-4-11-3-1-5-12(15(11)16)18(14)17/h1,3,5,7,10,13,20H,2,4,6,8-9H2/t13-,16-,17-/m0/s1. The maximum absolute atomic E-state index is 12.5. The predicted octanol–water partition coefficient (Wildman–Crippen LogP) is 2.21. The average Bonchev–Trinajstić information content (AvgIpc) is 3.05. The molecule has 4 aliphatic rings. The van der Waals surface area contributed by atoms with E-state index in [2.05, 4.69) is 6.07 Å². The molecule has 21 heavy (non-hydrogen) atoms. The highest BCUT2D eigenvalue weighted by Crippen LogP contribution is 2.60. The van der Waals surface area contributed by atoms with E-state index in [1.807, 2.05) is 23.1 Å². The van der Waals surface area contributed by atoms with Crippen molar-refractivity contribution >= 4 is 11.6 Å². The van der Waals surface area contributed by atoms with Crippen molar-refractivity contribution in [2.24, 2.45) is 5.92 Å². The van der Waals surface area contributed by atoms with Gasteiger partial charge in [-0.2, -0.15) is 0 Å². The number of nitrogens with zero attached hydrogens (tertiary/aromatic N) is 1. The zero-order valence-electron chi connectivity index (χ0n) is 11.7. The quantitative estimate of drug-likeness (QED) is 0.794. The van der Waals surface area contributed by atoms with Gasteiger partial charge >= 0.3 is 0 Å². The van der Waals surface area contributed by atoms with Gasteiger partial charge in [0.2, 0.25) is 5.91 Å². The van der Waals surface area contributed by atoms with Gasteiger partial charge in [-0.05, 0) is 37.0 Å². The van der Waals surface area contributed by atoms with Gasteiger partial charge < -0.3 is 9.84 Å². The first kappa shape index (κ1) is 11.8. The Balaban J connectivity index is 1.87. The smallest absolute Gasteiger partial charge is 0.230 e. The highest BCUT2D eigenvalue weighted by Gasteiger charge is 2.66. The van der Waals surface area contributed by atoms with Crippen molar-refractivity contribution in [2.45, 2.75) is 43.4 Å². The zero-order valence-corrected chi connectivity index (χ0v) is 11.7. The van der Waals surface area contributed by atoms with Crippen LogP contribution in [0.2, 0.25) is 0 Å². The fourth-order valence-electron chi connectivity index (χ4n) is 4.92. The van der Waals surface area contributed by atoms with Crippen molar-refractivity contribution < 1.29 is 14.6 Å². The molecule has 4 nitrogen and oxygen atoms in total. The van der Waals surface area contributed by atoms with Crippen LogP contribution in [-0.4, -0.2) is 16.7 Å². The van der Waals surface area contributed by atoms with Crippen LogP contribution in [0.5, 0.6) is 0 Å². The third kappa shape index (κ3) is 1.16. The van der Waals surface area contributed by atoms with Gasteiger partial charge in [0.05, 0.1) is 17.9 Å². The normalized spacial score (nSPS) is 38.8. The second-order valence-corrected chi connectivity index (χ2v) is 6.59. The molecule has 3 heterocycles. The number of carbonyl (C=O) groups is 1. The zero-order chi connectivity index (χ0) is 14.2. The van der Waals surface area contributed by atoms with Gasteiger partial charge in [-0.25, -0.2) is 0 Å². The van der Waals surface area contributed by atoms with Gasteiger partial charge in [0.1, 0.15) is 5.60 Å². The van der Waals surface area contributed by atoms with Gasteiger partial charge in [-0.1, -0.05) is 12.1 Å². The molecule has 0 aromatic heterocycles. The highest BCUT2D eigenvalue weighted by molar-refractivity contribution is 5.99. The van der Waals surface area contributed by atoms with Gasteiger partial charge in [0, 0.05) is 18.4 Å². The topological polar surface area (TPSA) is 49.8 Å². The van der Waals surface area contributed by atoms with Gasteiger partial charge in [0.15, 0.2) is 5.72 Å². The molecule has 1 saturated heterocycles. The van der Waals surface area contributed by atoms with Crippen LogP contribution in [0.25, 0.3) is 0 Å². The largest absolute Gasteiger partial charge is 0.475 e. The van der Waals surface area contributed by atoms with E-state index in [0.717, 1.165) is 30.5 Å². The summed E-state index contributed by atoms with van der Waals surface area (Å²) in [7, 11) is 0. The summed E-state index contributed by atoms with van der Waals surface area (Å²) in [6.45, 7) is 0. The fourth-order valence-corrected chi connectivity index (χ4v) is 4.92. The van der Waals surface area contributed by atoms with Crippen molar-refractivity contribution in [1.29, 1.82) is 0 Å². The molecule has 3 atom stereocenters. The molecule has 4 heteroatoms. The summed E-state index contributed by atoms with van der Waals surface area (Å²) in [5, 5.41) is 11.5. The molecule has 1 amide bonds. The van der Waals surface area contributed by atoms with E-state index in [4.69, 9.17) is 4.74 Å². The number of carbonyl (C=O) groups excluding carboxylic acids is 1. The number of rotatable bonds is 0. The first-order chi connectivity index (χ1) is 10.2. The number of amides is 1. The Morgan fingerprint density at radius 3 is 3.10 bits per heavy atom. The number of fused-ring (bicyclic) bond motifs is 2. The molecule has 0 saturated carbocycles. The van der Waals surface area contributed by atoms with Gasteiger partial charge in [-0.15, -0.1) is 0 Å². The summed E-state index contributed by atoms with van der Waals surface area (Å²) >= 11 is 0. The second-order valence-electron chi connectivity index (χ2n) is 6.59. The van der Waals surface area contributed by atoms with E-state index >= 15 is 0 Å². The van der Waals surface area contributed by atoms with Crippen LogP contribution in [0.3, 0.4) is 0 Å². The van der Waals surface area contributed by atoms with E-state index in [1.165, 1.54) is 5.56 Å². The van der Waals surface area contributed by atoms with Crippen molar-refractivity contribution in [2.75, 3.05) is 4.90 Å². The predicted molar refractivity (Wildman–Crippen MR) is 76.4 cm³/mol. The van der Waals surface area contributed by atoms with E-state index in [1.54, 1.807) is 6.26 Å². The summed E-state index contributed by atoms with van der Waals surface area (Å²) in [5.74, 6) is -0.0601. The van der Waals surface area contributed by atoms with Crippen LogP contribution >= 0.6 is 0 Å². The lowest BCUT2D eigenvalue weighted by atomic mass is 9.65. The van der Waals surface area contributed by atoms with Crippen LogP contribution in [0.15, 0.2) is 30.5 Å². The molecular formula is C17H17NO3. The first-order valence-corrected chi connectivity index (χ1v) is 7.69. The van der Waals surface area contributed by atoms with E-state index in [0.29, 0.717) is 12.8 Å². The maximum atomic E-state index is 12.5. The Kier molecular flexibility index (Phi) is 1.97. The van der Waals surface area contributed by atoms with Crippen LogP contribution in [0.4, 0.5) is 5.69 Å². The number of ether oxygens (including phenoxy) is 1. The second kappa shape index (κ2) is 3.50. The van der Waals surface area contributed by atoms with Crippen molar-refractivity contribution in [3.63, 3.8) is 0 Å². The molecule has 3 aliphatic heterocycles. The monoisotopic (exact) mass is 283 g/mol. The lowest BCUT2D eigenvalue weighted by molar-refractivity contribution is -0.126. The molecule has 1 aromatic carbocycles. The summed E-state index contributed by atoms with van der Waals surface area (Å²) in [5.41, 5.74) is 1.39. The van der Waals surface area contributed by atoms with Crippen LogP contribution in [0.1, 0.15) is 36.8 Å².